The first-order chi connectivity index (χ1) is 10.1. The van der Waals surface area contributed by atoms with E-state index in [-0.39, 0.29) is 6.04 Å². The number of anilines is 1. The molecule has 0 aliphatic carbocycles. The number of hydrogen-bond donors (Lipinski definition) is 2. The van der Waals surface area contributed by atoms with Crippen molar-refractivity contribution in [3.8, 4) is 11.4 Å². The average Bonchev–Trinajstić information content (AvgIpc) is 2.94. The van der Waals surface area contributed by atoms with Gasteiger partial charge in [0.2, 0.25) is 5.95 Å². The van der Waals surface area contributed by atoms with Gasteiger partial charge in [0, 0.05) is 29.7 Å². The van der Waals surface area contributed by atoms with Gasteiger partial charge in [0.25, 0.3) is 0 Å². The topological polar surface area (TPSA) is 70.8 Å². The summed E-state index contributed by atoms with van der Waals surface area (Å²) in [5.41, 5.74) is 8.13. The number of aromatic amines is 1. The summed E-state index contributed by atoms with van der Waals surface area (Å²) < 4.78 is 0. The molecule has 0 radical (unpaired) electrons. The van der Waals surface area contributed by atoms with Crippen molar-refractivity contribution in [3.63, 3.8) is 0 Å². The van der Waals surface area contributed by atoms with Crippen molar-refractivity contribution in [2.75, 3.05) is 18.0 Å². The molecule has 2 atom stereocenters. The lowest BCUT2D eigenvalue weighted by molar-refractivity contribution is 0.376. The molecule has 0 saturated carbocycles. The summed E-state index contributed by atoms with van der Waals surface area (Å²) in [4.78, 5) is 6.75. The first-order valence-corrected chi connectivity index (χ1v) is 7.62. The van der Waals surface area contributed by atoms with Crippen molar-refractivity contribution >= 4 is 17.5 Å². The van der Waals surface area contributed by atoms with E-state index in [2.05, 4.69) is 27.0 Å². The van der Waals surface area contributed by atoms with E-state index < -0.39 is 0 Å². The molecule has 0 amide bonds. The van der Waals surface area contributed by atoms with Crippen molar-refractivity contribution in [3.05, 3.63) is 28.8 Å². The van der Waals surface area contributed by atoms with Crippen molar-refractivity contribution < 1.29 is 0 Å². The molecule has 0 spiro atoms. The number of hydrogen-bond acceptors (Lipinski definition) is 4. The summed E-state index contributed by atoms with van der Waals surface area (Å²) in [7, 11) is 0. The fraction of sp³-hybridized carbons (Fsp3) is 0.467. The van der Waals surface area contributed by atoms with Crippen LogP contribution in [0.3, 0.4) is 0 Å². The molecule has 112 valence electrons. The van der Waals surface area contributed by atoms with Gasteiger partial charge in [0.05, 0.1) is 0 Å². The Morgan fingerprint density at radius 3 is 3.00 bits per heavy atom. The molecular formula is C15H20ClN5. The molecule has 21 heavy (non-hydrogen) atoms. The number of H-pyrrole nitrogens is 1. The number of halogens is 1. The van der Waals surface area contributed by atoms with E-state index in [0.717, 1.165) is 41.5 Å². The van der Waals surface area contributed by atoms with Crippen LogP contribution in [0.4, 0.5) is 5.95 Å². The molecule has 1 aliphatic heterocycles. The Morgan fingerprint density at radius 1 is 1.43 bits per heavy atom. The summed E-state index contributed by atoms with van der Waals surface area (Å²) in [6, 6.07) is 5.97. The molecule has 3 rings (SSSR count). The standard InChI is InChI=1S/C15H20ClN5/c1-9-6-7-21(8-13(9)17)15-18-14(19-20-15)11-4-3-5-12(16)10(11)2/h3-5,9,13H,6-8,17H2,1-2H3,(H,18,19,20). The van der Waals surface area contributed by atoms with Gasteiger partial charge in [-0.25, -0.2) is 0 Å². The van der Waals surface area contributed by atoms with Crippen LogP contribution < -0.4 is 10.6 Å². The Morgan fingerprint density at radius 2 is 2.24 bits per heavy atom. The van der Waals surface area contributed by atoms with Crippen molar-refractivity contribution in [1.29, 1.82) is 0 Å². The van der Waals surface area contributed by atoms with Crippen LogP contribution in [0.15, 0.2) is 18.2 Å². The molecule has 1 aromatic heterocycles. The van der Waals surface area contributed by atoms with Crippen LogP contribution in [-0.4, -0.2) is 34.3 Å². The van der Waals surface area contributed by atoms with Gasteiger partial charge in [-0.05, 0) is 30.9 Å². The lowest BCUT2D eigenvalue weighted by Crippen LogP contribution is -2.48. The van der Waals surface area contributed by atoms with Crippen LogP contribution >= 0.6 is 11.6 Å². The molecule has 1 fully saturated rings. The van der Waals surface area contributed by atoms with Gasteiger partial charge in [0.1, 0.15) is 0 Å². The summed E-state index contributed by atoms with van der Waals surface area (Å²) in [6.07, 6.45) is 1.07. The third-order valence-electron chi connectivity index (χ3n) is 4.30. The lowest BCUT2D eigenvalue weighted by Gasteiger charge is -2.34. The number of rotatable bonds is 2. The highest BCUT2D eigenvalue weighted by atomic mass is 35.5. The van der Waals surface area contributed by atoms with Crippen LogP contribution in [0.1, 0.15) is 18.9 Å². The highest BCUT2D eigenvalue weighted by molar-refractivity contribution is 6.31. The summed E-state index contributed by atoms with van der Waals surface area (Å²) >= 11 is 6.17. The molecule has 2 aromatic rings. The minimum atomic E-state index is 0.175. The van der Waals surface area contributed by atoms with Gasteiger partial charge in [-0.1, -0.05) is 30.7 Å². The molecular weight excluding hydrogens is 286 g/mol. The normalized spacial score (nSPS) is 22.6. The van der Waals surface area contributed by atoms with E-state index in [4.69, 9.17) is 17.3 Å². The van der Waals surface area contributed by atoms with Crippen LogP contribution in [0.5, 0.6) is 0 Å². The molecule has 2 unspecified atom stereocenters. The minimum absolute atomic E-state index is 0.175. The second kappa shape index (κ2) is 5.66. The fourth-order valence-corrected chi connectivity index (χ4v) is 2.83. The molecule has 0 bridgehead atoms. The predicted octanol–water partition coefficient (Wildman–Crippen LogP) is 2.61. The minimum Gasteiger partial charge on any atom is -0.338 e. The van der Waals surface area contributed by atoms with Crippen molar-refractivity contribution in [2.45, 2.75) is 26.3 Å². The average molecular weight is 306 g/mol. The van der Waals surface area contributed by atoms with E-state index in [1.807, 2.05) is 25.1 Å². The molecule has 1 saturated heterocycles. The highest BCUT2D eigenvalue weighted by Crippen LogP contribution is 2.27. The van der Waals surface area contributed by atoms with E-state index in [9.17, 15) is 0 Å². The Balaban J connectivity index is 1.85. The van der Waals surface area contributed by atoms with E-state index in [1.165, 1.54) is 0 Å². The number of nitrogens with two attached hydrogens (primary N) is 1. The molecule has 1 aliphatic rings. The zero-order valence-corrected chi connectivity index (χ0v) is 13.1. The van der Waals surface area contributed by atoms with Gasteiger partial charge < -0.3 is 10.6 Å². The molecule has 1 aromatic carbocycles. The summed E-state index contributed by atoms with van der Waals surface area (Å²) in [5, 5.41) is 8.08. The van der Waals surface area contributed by atoms with Crippen LogP contribution in [0, 0.1) is 12.8 Å². The number of aromatic nitrogens is 3. The lowest BCUT2D eigenvalue weighted by atomic mass is 9.95. The maximum atomic E-state index is 6.17. The van der Waals surface area contributed by atoms with Gasteiger partial charge in [-0.3, -0.25) is 5.10 Å². The van der Waals surface area contributed by atoms with Crippen molar-refractivity contribution in [1.82, 2.24) is 15.2 Å². The largest absolute Gasteiger partial charge is 0.338 e. The second-order valence-electron chi connectivity index (χ2n) is 5.77. The van der Waals surface area contributed by atoms with Crippen LogP contribution in [0.25, 0.3) is 11.4 Å². The Hall–Kier alpha value is -1.59. The quantitative estimate of drug-likeness (QED) is 0.894. The zero-order chi connectivity index (χ0) is 15.0. The molecule has 3 N–H and O–H groups in total. The van der Waals surface area contributed by atoms with Crippen molar-refractivity contribution in [2.24, 2.45) is 11.7 Å². The monoisotopic (exact) mass is 305 g/mol. The zero-order valence-electron chi connectivity index (χ0n) is 12.3. The Kier molecular flexibility index (Phi) is 3.87. The first kappa shape index (κ1) is 14.4. The van der Waals surface area contributed by atoms with E-state index in [0.29, 0.717) is 11.9 Å². The number of nitrogens with zero attached hydrogens (tertiary/aromatic N) is 3. The van der Waals surface area contributed by atoms with Gasteiger partial charge in [-0.2, -0.15) is 4.98 Å². The van der Waals surface area contributed by atoms with Crippen LogP contribution in [-0.2, 0) is 0 Å². The molecule has 2 heterocycles. The second-order valence-corrected chi connectivity index (χ2v) is 6.18. The predicted molar refractivity (Wildman–Crippen MR) is 85.5 cm³/mol. The van der Waals surface area contributed by atoms with Gasteiger partial charge in [-0.15, -0.1) is 5.10 Å². The summed E-state index contributed by atoms with van der Waals surface area (Å²) in [5.74, 6) is 2.01. The molecule has 6 heteroatoms. The fourth-order valence-electron chi connectivity index (χ4n) is 2.66. The maximum Gasteiger partial charge on any atom is 0.245 e. The molecule has 5 nitrogen and oxygen atoms in total. The first-order valence-electron chi connectivity index (χ1n) is 7.24. The number of benzene rings is 1. The number of nitrogens with one attached hydrogen (secondary N) is 1. The Labute approximate surface area is 129 Å². The van der Waals surface area contributed by atoms with E-state index >= 15 is 0 Å². The highest BCUT2D eigenvalue weighted by Gasteiger charge is 2.25. The van der Waals surface area contributed by atoms with Gasteiger partial charge >= 0.3 is 0 Å². The maximum absolute atomic E-state index is 6.17. The number of piperidine rings is 1. The third kappa shape index (κ3) is 2.76. The van der Waals surface area contributed by atoms with E-state index in [1.54, 1.807) is 0 Å². The smallest absolute Gasteiger partial charge is 0.245 e. The summed E-state index contributed by atoms with van der Waals surface area (Å²) in [6.45, 7) is 5.92. The third-order valence-corrected chi connectivity index (χ3v) is 4.71. The van der Waals surface area contributed by atoms with Gasteiger partial charge in [0.15, 0.2) is 5.82 Å². The Bertz CT molecular complexity index is 639. The SMILES string of the molecule is Cc1c(Cl)cccc1-c1nc(N2CCC(C)C(N)C2)n[nH]1. The van der Waals surface area contributed by atoms with Crippen LogP contribution in [0.2, 0.25) is 5.02 Å².